The van der Waals surface area contributed by atoms with E-state index in [2.05, 4.69) is 183 Å². The van der Waals surface area contributed by atoms with E-state index in [1.165, 1.54) is 50.1 Å². The lowest BCUT2D eigenvalue weighted by atomic mass is 9.66. The van der Waals surface area contributed by atoms with Crippen LogP contribution in [-0.4, -0.2) is 0 Å². The third-order valence-electron chi connectivity index (χ3n) is 12.5. The van der Waals surface area contributed by atoms with Crippen molar-refractivity contribution in [2.45, 2.75) is 39.5 Å². The predicted octanol–water partition coefficient (Wildman–Crippen LogP) is 15.1. The summed E-state index contributed by atoms with van der Waals surface area (Å²) >= 11 is 0. The maximum Gasteiger partial charge on any atom is 0.137 e. The van der Waals surface area contributed by atoms with Crippen LogP contribution >= 0.6 is 0 Å². The second kappa shape index (κ2) is 12.3. The fourth-order valence-electron chi connectivity index (χ4n) is 10.1. The van der Waals surface area contributed by atoms with Gasteiger partial charge in [-0.15, -0.1) is 0 Å². The molecule has 9 aromatic rings. The molecule has 12 rings (SSSR count). The number of rotatable bonds is 3. The maximum absolute atomic E-state index is 6.97. The molecule has 3 heteroatoms. The minimum absolute atomic E-state index is 0. The molecular weight excluding hydrogens is 695 g/mol. The minimum atomic E-state index is -0.517. The lowest BCUT2D eigenvalue weighted by Gasteiger charge is -2.40. The van der Waals surface area contributed by atoms with E-state index in [0.717, 1.165) is 56.1 Å². The highest BCUT2D eigenvalue weighted by Gasteiger charge is 2.51. The second-order valence-corrected chi connectivity index (χ2v) is 15.6. The normalized spacial score (nSPS) is 14.3. The van der Waals surface area contributed by atoms with E-state index in [9.17, 15) is 0 Å². The molecular formula is C54H43NO2. The van der Waals surface area contributed by atoms with Crippen LogP contribution in [0.5, 0.6) is 11.5 Å². The Bertz CT molecular complexity index is 3030. The number of ether oxygens (including phenoxy) is 1. The van der Waals surface area contributed by atoms with E-state index in [4.69, 9.17) is 9.15 Å². The molecule has 0 saturated heterocycles. The first-order valence-electron chi connectivity index (χ1n) is 19.1. The molecule has 0 amide bonds. The van der Waals surface area contributed by atoms with Gasteiger partial charge in [0.05, 0.1) is 5.41 Å². The molecule has 0 unspecified atom stereocenters. The second-order valence-electron chi connectivity index (χ2n) is 15.6. The van der Waals surface area contributed by atoms with Gasteiger partial charge in [0.1, 0.15) is 22.7 Å². The summed E-state index contributed by atoms with van der Waals surface area (Å²) in [6, 6.07) is 63.8. The molecule has 0 saturated carbocycles. The van der Waals surface area contributed by atoms with Crippen molar-refractivity contribution >= 4 is 39.0 Å². The van der Waals surface area contributed by atoms with Crippen molar-refractivity contribution in [1.29, 1.82) is 0 Å². The van der Waals surface area contributed by atoms with Gasteiger partial charge < -0.3 is 14.1 Å². The number of para-hydroxylation sites is 2. The number of fused-ring (bicyclic) bond motifs is 15. The molecule has 1 spiro atoms. The van der Waals surface area contributed by atoms with Gasteiger partial charge in [0.25, 0.3) is 0 Å². The average molecular weight is 738 g/mol. The average Bonchev–Trinajstić information content (AvgIpc) is 3.82. The molecule has 2 heterocycles. The van der Waals surface area contributed by atoms with Gasteiger partial charge in [-0.05, 0) is 87.0 Å². The molecule has 57 heavy (non-hydrogen) atoms. The third-order valence-corrected chi connectivity index (χ3v) is 12.5. The largest absolute Gasteiger partial charge is 0.457 e. The van der Waals surface area contributed by atoms with Crippen LogP contribution in [0, 0.1) is 0 Å². The Morgan fingerprint density at radius 3 is 1.65 bits per heavy atom. The summed E-state index contributed by atoms with van der Waals surface area (Å²) in [4.78, 5) is 2.36. The SMILES string of the molecule is C.C.CC1(C)c2ccccc2-c2ccc(N(c3ccc4c(c3)Oc3ccccc3C43c4ccccc4-c4ccccc43)c3ccc4c(c3)oc3ccccc34)cc21. The summed E-state index contributed by atoms with van der Waals surface area (Å²) in [5, 5.41) is 2.23. The number of hydrogen-bond acceptors (Lipinski definition) is 3. The first-order chi connectivity index (χ1) is 27.0. The van der Waals surface area contributed by atoms with E-state index in [-0.39, 0.29) is 20.3 Å². The molecule has 3 aliphatic rings. The quantitative estimate of drug-likeness (QED) is 0.181. The van der Waals surface area contributed by atoms with E-state index in [1.807, 2.05) is 12.1 Å². The zero-order chi connectivity index (χ0) is 36.5. The van der Waals surface area contributed by atoms with E-state index in [0.29, 0.717) is 0 Å². The van der Waals surface area contributed by atoms with Crippen LogP contribution in [0.15, 0.2) is 180 Å². The fraction of sp³-hybridized carbons (Fsp3) is 0.111. The highest BCUT2D eigenvalue weighted by atomic mass is 16.5. The van der Waals surface area contributed by atoms with Gasteiger partial charge in [-0.2, -0.15) is 0 Å². The summed E-state index contributed by atoms with van der Waals surface area (Å²) in [5.41, 5.74) is 16.9. The molecule has 0 N–H and O–H groups in total. The number of hydrogen-bond donors (Lipinski definition) is 0. The van der Waals surface area contributed by atoms with Gasteiger partial charge in [-0.1, -0.05) is 150 Å². The third kappa shape index (κ3) is 4.54. The van der Waals surface area contributed by atoms with Crippen molar-refractivity contribution in [2.24, 2.45) is 0 Å². The van der Waals surface area contributed by atoms with Crippen molar-refractivity contribution in [3.8, 4) is 33.8 Å². The minimum Gasteiger partial charge on any atom is -0.457 e. The summed E-state index contributed by atoms with van der Waals surface area (Å²) in [6.45, 7) is 4.68. The Kier molecular flexibility index (Phi) is 7.49. The van der Waals surface area contributed by atoms with Crippen LogP contribution in [0.4, 0.5) is 17.1 Å². The molecule has 0 fully saturated rings. The lowest BCUT2D eigenvalue weighted by molar-refractivity contribution is 0.436. The zero-order valence-corrected chi connectivity index (χ0v) is 30.5. The Morgan fingerprint density at radius 2 is 0.895 bits per heavy atom. The number of benzene rings is 8. The molecule has 0 atom stereocenters. The van der Waals surface area contributed by atoms with Crippen LogP contribution < -0.4 is 9.64 Å². The number of nitrogens with zero attached hydrogens (tertiary/aromatic N) is 1. The van der Waals surface area contributed by atoms with Gasteiger partial charge in [0.15, 0.2) is 0 Å². The smallest absolute Gasteiger partial charge is 0.137 e. The van der Waals surface area contributed by atoms with Crippen molar-refractivity contribution in [1.82, 2.24) is 0 Å². The van der Waals surface area contributed by atoms with Crippen molar-refractivity contribution in [3.05, 3.63) is 209 Å². The highest BCUT2D eigenvalue weighted by Crippen LogP contribution is 2.62. The molecule has 8 aromatic carbocycles. The van der Waals surface area contributed by atoms with E-state index >= 15 is 0 Å². The number of furan rings is 1. The highest BCUT2D eigenvalue weighted by molar-refractivity contribution is 6.06. The molecule has 0 radical (unpaired) electrons. The maximum atomic E-state index is 6.97. The Balaban J connectivity index is 0.00000198. The van der Waals surface area contributed by atoms with Gasteiger partial charge >= 0.3 is 0 Å². The van der Waals surface area contributed by atoms with Crippen molar-refractivity contribution < 1.29 is 9.15 Å². The van der Waals surface area contributed by atoms with Crippen LogP contribution in [0.1, 0.15) is 62.1 Å². The first kappa shape index (κ1) is 34.6. The lowest BCUT2D eigenvalue weighted by Crippen LogP contribution is -2.32. The van der Waals surface area contributed by atoms with Crippen LogP contribution in [0.3, 0.4) is 0 Å². The molecule has 3 nitrogen and oxygen atoms in total. The fourth-order valence-corrected chi connectivity index (χ4v) is 10.1. The molecule has 2 aliphatic carbocycles. The Labute approximate surface area is 334 Å². The molecule has 276 valence electrons. The topological polar surface area (TPSA) is 25.6 Å². The Morgan fingerprint density at radius 1 is 0.386 bits per heavy atom. The van der Waals surface area contributed by atoms with Gasteiger partial charge in [-0.3, -0.25) is 0 Å². The van der Waals surface area contributed by atoms with Crippen molar-refractivity contribution in [3.63, 3.8) is 0 Å². The predicted molar refractivity (Wildman–Crippen MR) is 237 cm³/mol. The summed E-state index contributed by atoms with van der Waals surface area (Å²) in [7, 11) is 0. The molecule has 1 aliphatic heterocycles. The van der Waals surface area contributed by atoms with E-state index in [1.54, 1.807) is 0 Å². The zero-order valence-electron chi connectivity index (χ0n) is 30.5. The van der Waals surface area contributed by atoms with Crippen LogP contribution in [0.25, 0.3) is 44.2 Å². The monoisotopic (exact) mass is 737 g/mol. The van der Waals surface area contributed by atoms with E-state index < -0.39 is 5.41 Å². The van der Waals surface area contributed by atoms with Crippen molar-refractivity contribution in [2.75, 3.05) is 4.90 Å². The Hall–Kier alpha value is -6.84. The first-order valence-corrected chi connectivity index (χ1v) is 19.1. The van der Waals surface area contributed by atoms with Crippen LogP contribution in [0.2, 0.25) is 0 Å². The molecule has 0 bridgehead atoms. The summed E-state index contributed by atoms with van der Waals surface area (Å²) in [6.07, 6.45) is 0. The standard InChI is InChI=1S/C52H35NO2.2CH4/c1-51(2)41-17-7-3-13-35(41)38-26-23-32(29-46(38)51)53(33-24-27-40-39-16-6-11-21-47(39)54-49(40)30-33)34-25-28-45-50(31-34)55-48-22-12-10-20-44(48)52(45)42-18-8-4-14-36(42)37-15-5-9-19-43(37)52;;/h3-31H,1-2H3;2*1H4. The summed E-state index contributed by atoms with van der Waals surface area (Å²) in [5.74, 6) is 1.73. The number of anilines is 3. The van der Waals surface area contributed by atoms with Crippen LogP contribution in [-0.2, 0) is 10.8 Å². The van der Waals surface area contributed by atoms with Gasteiger partial charge in [-0.25, -0.2) is 0 Å². The van der Waals surface area contributed by atoms with Gasteiger partial charge in [0, 0.05) is 56.5 Å². The summed E-state index contributed by atoms with van der Waals surface area (Å²) < 4.78 is 13.4. The molecule has 1 aromatic heterocycles. The van der Waals surface area contributed by atoms with Gasteiger partial charge in [0.2, 0.25) is 0 Å².